The Kier molecular flexibility index (Phi) is 8.47. The molecule has 2 heterocycles. The number of hydrogen-bond donors (Lipinski definition) is 2. The second kappa shape index (κ2) is 12.2. The molecule has 1 saturated carbocycles. The first-order valence-corrected chi connectivity index (χ1v) is 15.1. The van der Waals surface area contributed by atoms with Crippen LogP contribution in [0.15, 0.2) is 76.0 Å². The Hall–Kier alpha value is -4.73. The molecule has 0 radical (unpaired) electrons. The number of nitrogens with one attached hydrogen (secondary N) is 2. The van der Waals surface area contributed by atoms with Crippen molar-refractivity contribution in [2.24, 2.45) is 11.4 Å². The molecule has 12 heteroatoms. The molecule has 0 bridgehead atoms. The Morgan fingerprint density at radius 3 is 2.42 bits per heavy atom. The maximum absolute atomic E-state index is 13.9. The van der Waals surface area contributed by atoms with Crippen molar-refractivity contribution in [3.05, 3.63) is 99.5 Å². The minimum atomic E-state index is -2.85. The molecule has 1 aliphatic rings. The van der Waals surface area contributed by atoms with Gasteiger partial charge in [-0.2, -0.15) is 5.26 Å². The van der Waals surface area contributed by atoms with Crippen LogP contribution in [0.1, 0.15) is 39.9 Å². The Labute approximate surface area is 249 Å². The lowest BCUT2D eigenvalue weighted by atomic mass is 10.1. The third-order valence-corrected chi connectivity index (χ3v) is 10.4. The molecule has 1 fully saturated rings. The Morgan fingerprint density at radius 2 is 1.79 bits per heavy atom. The smallest absolute Gasteiger partial charge is 0.263 e. The van der Waals surface area contributed by atoms with Crippen LogP contribution in [0.3, 0.4) is 0 Å². The first-order valence-electron chi connectivity index (χ1n) is 13.6. The zero-order valence-corrected chi connectivity index (χ0v) is 24.9. The van der Waals surface area contributed by atoms with Crippen LogP contribution in [0.5, 0.6) is 11.6 Å². The number of aromatic nitrogens is 2. The van der Waals surface area contributed by atoms with E-state index >= 15 is 0 Å². The van der Waals surface area contributed by atoms with Crippen LogP contribution in [-0.2, 0) is 30.1 Å². The van der Waals surface area contributed by atoms with Crippen molar-refractivity contribution in [3.8, 4) is 17.7 Å². The Balaban J connectivity index is 1.32. The monoisotopic (exact) mass is 600 g/mol. The summed E-state index contributed by atoms with van der Waals surface area (Å²) in [5.41, 5.74) is 2.17. The third-order valence-electron chi connectivity index (χ3n) is 7.63. The number of hydrogen-bond acceptors (Lipinski definition) is 8. The highest BCUT2D eigenvalue weighted by Crippen LogP contribution is 2.44. The van der Waals surface area contributed by atoms with Gasteiger partial charge in [0.2, 0.25) is 5.88 Å². The van der Waals surface area contributed by atoms with E-state index in [-0.39, 0.29) is 24.6 Å². The fourth-order valence-electron chi connectivity index (χ4n) is 4.82. The second-order valence-corrected chi connectivity index (χ2v) is 12.9. The van der Waals surface area contributed by atoms with Crippen molar-refractivity contribution in [3.63, 3.8) is 0 Å². The van der Waals surface area contributed by atoms with E-state index in [1.807, 2.05) is 24.3 Å². The highest BCUT2D eigenvalue weighted by Gasteiger charge is 2.53. The van der Waals surface area contributed by atoms with E-state index in [1.54, 1.807) is 50.7 Å². The van der Waals surface area contributed by atoms with Crippen LogP contribution in [0.25, 0.3) is 10.9 Å². The first kappa shape index (κ1) is 29.8. The van der Waals surface area contributed by atoms with Gasteiger partial charge in [-0.1, -0.05) is 24.3 Å². The van der Waals surface area contributed by atoms with Gasteiger partial charge in [0, 0.05) is 38.8 Å². The summed E-state index contributed by atoms with van der Waals surface area (Å²) in [6.07, 6.45) is 2.86. The number of carbonyl (C=O) groups is 1. The molecular formula is C31H32N6O5S. The number of fused-ring (bicyclic) bond motifs is 1. The number of methoxy groups -OCH3 is 1. The molecule has 0 spiro atoms. The average Bonchev–Trinajstić information content (AvgIpc) is 3.85. The predicted molar refractivity (Wildman–Crippen MR) is 163 cm³/mol. The van der Waals surface area contributed by atoms with Gasteiger partial charge in [0.05, 0.1) is 18.7 Å². The van der Waals surface area contributed by atoms with E-state index < -0.39 is 26.1 Å². The van der Waals surface area contributed by atoms with Crippen molar-refractivity contribution in [2.75, 3.05) is 20.8 Å². The molecule has 2 N–H and O–H groups in total. The number of nitriles is 1. The van der Waals surface area contributed by atoms with Gasteiger partial charge in [0.25, 0.3) is 11.5 Å². The molecule has 0 saturated heterocycles. The SMILES string of the molecule is CN=S(=O)(NCc1ccc(OC)cc1)C1(COc2nccc3cc(C(=O)NCc4ccc(C#N)cc4)c(=O)n(C)c23)CC1. The summed E-state index contributed by atoms with van der Waals surface area (Å²) in [4.78, 5) is 30.6. The van der Waals surface area contributed by atoms with E-state index in [9.17, 15) is 13.8 Å². The van der Waals surface area contributed by atoms with Crippen LogP contribution in [0.2, 0.25) is 0 Å². The molecule has 5 rings (SSSR count). The van der Waals surface area contributed by atoms with Crippen molar-refractivity contribution < 1.29 is 18.5 Å². The van der Waals surface area contributed by atoms with Gasteiger partial charge < -0.3 is 19.4 Å². The normalized spacial score (nSPS) is 14.7. The number of amides is 1. The Morgan fingerprint density at radius 1 is 1.12 bits per heavy atom. The van der Waals surface area contributed by atoms with Crippen molar-refractivity contribution in [2.45, 2.75) is 30.7 Å². The topological polar surface area (TPSA) is 148 Å². The van der Waals surface area contributed by atoms with E-state index in [4.69, 9.17) is 14.7 Å². The van der Waals surface area contributed by atoms with Crippen LogP contribution < -0.4 is 25.1 Å². The number of ether oxygens (including phenoxy) is 2. The summed E-state index contributed by atoms with van der Waals surface area (Å²) in [5.74, 6) is 0.431. The summed E-state index contributed by atoms with van der Waals surface area (Å²) < 4.78 is 33.3. The number of nitrogens with zero attached hydrogens (tertiary/aromatic N) is 4. The zero-order chi connectivity index (χ0) is 30.6. The van der Waals surface area contributed by atoms with E-state index in [0.717, 1.165) is 16.9 Å². The van der Waals surface area contributed by atoms with E-state index in [0.29, 0.717) is 35.9 Å². The lowest BCUT2D eigenvalue weighted by Crippen LogP contribution is -2.39. The maximum atomic E-state index is 13.9. The zero-order valence-electron chi connectivity index (χ0n) is 24.1. The summed E-state index contributed by atoms with van der Waals surface area (Å²) >= 11 is 0. The minimum absolute atomic E-state index is 0.0185. The van der Waals surface area contributed by atoms with Crippen LogP contribution >= 0.6 is 0 Å². The molecule has 1 unspecified atom stereocenters. The van der Waals surface area contributed by atoms with Crippen molar-refractivity contribution in [1.82, 2.24) is 19.6 Å². The number of aryl methyl sites for hydroxylation is 1. The molecule has 1 atom stereocenters. The summed E-state index contributed by atoms with van der Waals surface area (Å²) in [5, 5.41) is 12.3. The molecule has 0 aliphatic heterocycles. The third kappa shape index (κ3) is 6.09. The fourth-order valence-corrected chi connectivity index (χ4v) is 6.88. The van der Waals surface area contributed by atoms with Gasteiger partial charge in [-0.05, 0) is 60.4 Å². The second-order valence-electron chi connectivity index (χ2n) is 10.3. The van der Waals surface area contributed by atoms with Gasteiger partial charge in [-0.15, -0.1) is 0 Å². The molecule has 11 nitrogen and oxygen atoms in total. The lowest BCUT2D eigenvalue weighted by molar-refractivity contribution is 0.0949. The number of rotatable bonds is 11. The molecule has 1 amide bonds. The molecule has 43 heavy (non-hydrogen) atoms. The molecule has 4 aromatic rings. The fraction of sp³-hybridized carbons (Fsp3) is 0.290. The summed E-state index contributed by atoms with van der Waals surface area (Å²) in [6, 6.07) is 19.6. The maximum Gasteiger partial charge on any atom is 0.263 e. The van der Waals surface area contributed by atoms with E-state index in [1.165, 1.54) is 17.7 Å². The molecule has 222 valence electrons. The molecule has 2 aromatic heterocycles. The first-order chi connectivity index (χ1) is 20.7. The van der Waals surface area contributed by atoms with Crippen LogP contribution in [0.4, 0.5) is 0 Å². The largest absolute Gasteiger partial charge is 0.497 e. The molecule has 1 aliphatic carbocycles. The highest BCUT2D eigenvalue weighted by atomic mass is 32.2. The predicted octanol–water partition coefficient (Wildman–Crippen LogP) is 3.46. The van der Waals surface area contributed by atoms with Gasteiger partial charge in [-0.3, -0.25) is 9.59 Å². The standard InChI is InChI=1S/C31H32N6O5S/c1-33-43(40,36-19-23-8-10-25(41-3)11-9-23)31(13-14-31)20-42-29-27-24(12-15-34-29)16-26(30(39)37(27)2)28(38)35-18-22-6-4-21(17-32)5-7-22/h4-12,15-16H,13-14,18-20H2,1-3H3,(H,35,38)(H,33,36,40). The van der Waals surface area contributed by atoms with Gasteiger partial charge in [0.1, 0.15) is 38.1 Å². The molecule has 2 aromatic carbocycles. The lowest BCUT2D eigenvalue weighted by Gasteiger charge is -2.22. The Bertz CT molecular complexity index is 1880. The van der Waals surface area contributed by atoms with Crippen molar-refractivity contribution >= 4 is 26.7 Å². The van der Waals surface area contributed by atoms with Crippen molar-refractivity contribution in [1.29, 1.82) is 5.26 Å². The van der Waals surface area contributed by atoms with Gasteiger partial charge >= 0.3 is 0 Å². The van der Waals surface area contributed by atoms with Crippen LogP contribution in [0, 0.1) is 11.3 Å². The number of pyridine rings is 2. The summed E-state index contributed by atoms with van der Waals surface area (Å²) in [7, 11) is 1.86. The average molecular weight is 601 g/mol. The highest BCUT2D eigenvalue weighted by molar-refractivity contribution is 7.93. The van der Waals surface area contributed by atoms with Gasteiger partial charge in [0.15, 0.2) is 0 Å². The molecular weight excluding hydrogens is 568 g/mol. The van der Waals surface area contributed by atoms with Crippen LogP contribution in [-0.4, -0.2) is 45.2 Å². The quantitative estimate of drug-likeness (QED) is 0.268. The summed E-state index contributed by atoms with van der Waals surface area (Å²) in [6.45, 7) is 0.650. The minimum Gasteiger partial charge on any atom is -0.497 e. The van der Waals surface area contributed by atoms with Gasteiger partial charge in [-0.25, -0.2) is 18.3 Å². The number of carbonyl (C=O) groups excluding carboxylic acids is 1. The number of benzene rings is 2. The van der Waals surface area contributed by atoms with E-state index in [2.05, 4.69) is 25.5 Å².